The number of nitrogens with zero attached hydrogens (tertiary/aromatic N) is 5. The third-order valence-electron chi connectivity index (χ3n) is 7.41. The zero-order valence-corrected chi connectivity index (χ0v) is 23.5. The predicted molar refractivity (Wildman–Crippen MR) is 160 cm³/mol. The third-order valence-corrected chi connectivity index (χ3v) is 7.41. The molecule has 2 aliphatic rings. The van der Waals surface area contributed by atoms with Crippen molar-refractivity contribution >= 4 is 17.3 Å². The van der Waals surface area contributed by atoms with E-state index in [2.05, 4.69) is 32.2 Å². The Morgan fingerprint density at radius 3 is 2.51 bits per heavy atom. The van der Waals surface area contributed by atoms with E-state index < -0.39 is 0 Å². The standard InChI is InChI=1S/C32H36N6O3/c1-39-19-16-37-15-14-27-28(22-37)34-31(36-32(27)38-17-20-40-21-18-38)25-10-12-26(13-11-25)33-29-8-5-9-30(35-29)41-23-24-6-3-2-4-7-24/h2-13H,14-23H2,1H3,(H,33,35). The number of fused-ring (bicyclic) bond motifs is 1. The fourth-order valence-electron chi connectivity index (χ4n) is 5.19. The zero-order chi connectivity index (χ0) is 27.9. The largest absolute Gasteiger partial charge is 0.473 e. The van der Waals surface area contributed by atoms with E-state index >= 15 is 0 Å². The number of morpholine rings is 1. The Kier molecular flexibility index (Phi) is 8.65. The van der Waals surface area contributed by atoms with Gasteiger partial charge in [0.25, 0.3) is 0 Å². The molecule has 2 aromatic heterocycles. The van der Waals surface area contributed by atoms with Crippen LogP contribution in [0, 0.1) is 0 Å². The molecule has 6 rings (SSSR count). The van der Waals surface area contributed by atoms with Crippen LogP contribution in [0.4, 0.5) is 17.3 Å². The van der Waals surface area contributed by atoms with Gasteiger partial charge in [0.2, 0.25) is 5.88 Å². The first kappa shape index (κ1) is 27.1. The minimum absolute atomic E-state index is 0.476. The summed E-state index contributed by atoms with van der Waals surface area (Å²) in [6.45, 7) is 7.03. The van der Waals surface area contributed by atoms with Gasteiger partial charge in [0.15, 0.2) is 5.82 Å². The smallest absolute Gasteiger partial charge is 0.215 e. The van der Waals surface area contributed by atoms with Crippen LogP contribution in [0.25, 0.3) is 11.4 Å². The highest BCUT2D eigenvalue weighted by Gasteiger charge is 2.26. The summed E-state index contributed by atoms with van der Waals surface area (Å²) in [7, 11) is 1.75. The first-order valence-corrected chi connectivity index (χ1v) is 14.2. The number of methoxy groups -OCH3 is 1. The summed E-state index contributed by atoms with van der Waals surface area (Å²) in [5.74, 6) is 3.10. The molecule has 2 aliphatic heterocycles. The molecule has 0 spiro atoms. The Hall–Kier alpha value is -4.05. The van der Waals surface area contributed by atoms with Gasteiger partial charge in [-0.1, -0.05) is 36.4 Å². The van der Waals surface area contributed by atoms with E-state index in [0.717, 1.165) is 98.9 Å². The highest BCUT2D eigenvalue weighted by Crippen LogP contribution is 2.31. The van der Waals surface area contributed by atoms with Crippen molar-refractivity contribution in [2.45, 2.75) is 19.6 Å². The van der Waals surface area contributed by atoms with Gasteiger partial charge in [0.05, 0.1) is 25.5 Å². The molecular formula is C32H36N6O3. The molecule has 41 heavy (non-hydrogen) atoms. The predicted octanol–water partition coefficient (Wildman–Crippen LogP) is 4.70. The molecule has 2 aromatic carbocycles. The first-order chi connectivity index (χ1) is 20.2. The fourth-order valence-corrected chi connectivity index (χ4v) is 5.19. The summed E-state index contributed by atoms with van der Waals surface area (Å²) >= 11 is 0. The van der Waals surface area contributed by atoms with Crippen molar-refractivity contribution in [2.24, 2.45) is 0 Å². The van der Waals surface area contributed by atoms with Gasteiger partial charge < -0.3 is 24.4 Å². The Labute approximate surface area is 241 Å². The van der Waals surface area contributed by atoms with Crippen molar-refractivity contribution in [3.63, 3.8) is 0 Å². The zero-order valence-electron chi connectivity index (χ0n) is 23.5. The van der Waals surface area contributed by atoms with Crippen LogP contribution < -0.4 is 15.0 Å². The number of hydrogen-bond acceptors (Lipinski definition) is 9. The Bertz CT molecular complexity index is 1430. The second kappa shape index (κ2) is 13.1. The lowest BCUT2D eigenvalue weighted by atomic mass is 10.0. The van der Waals surface area contributed by atoms with Crippen molar-refractivity contribution in [3.8, 4) is 17.3 Å². The van der Waals surface area contributed by atoms with Crippen LogP contribution >= 0.6 is 0 Å². The summed E-state index contributed by atoms with van der Waals surface area (Å²) in [6, 6.07) is 24.0. The van der Waals surface area contributed by atoms with Crippen LogP contribution in [-0.2, 0) is 29.0 Å². The number of anilines is 3. The summed E-state index contributed by atoms with van der Waals surface area (Å²) in [5.41, 5.74) is 5.39. The number of aromatic nitrogens is 3. The average Bonchev–Trinajstić information content (AvgIpc) is 3.03. The molecule has 0 unspecified atom stereocenters. The van der Waals surface area contributed by atoms with Crippen LogP contribution in [0.5, 0.6) is 5.88 Å². The topological polar surface area (TPSA) is 84.9 Å². The summed E-state index contributed by atoms with van der Waals surface area (Å²) in [5, 5.41) is 3.39. The van der Waals surface area contributed by atoms with Crippen LogP contribution in [0.1, 0.15) is 16.8 Å². The SMILES string of the molecule is COCCN1CCc2c(nc(-c3ccc(Nc4cccc(OCc5ccccc5)n4)cc3)nc2N2CCOCC2)C1. The molecule has 4 heterocycles. The molecule has 0 atom stereocenters. The van der Waals surface area contributed by atoms with E-state index in [4.69, 9.17) is 24.2 Å². The van der Waals surface area contributed by atoms with Gasteiger partial charge >= 0.3 is 0 Å². The van der Waals surface area contributed by atoms with Crippen molar-refractivity contribution < 1.29 is 14.2 Å². The molecule has 1 fully saturated rings. The van der Waals surface area contributed by atoms with E-state index in [9.17, 15) is 0 Å². The molecule has 1 saturated heterocycles. The number of benzene rings is 2. The lowest BCUT2D eigenvalue weighted by Crippen LogP contribution is -2.40. The van der Waals surface area contributed by atoms with E-state index in [0.29, 0.717) is 12.5 Å². The Morgan fingerprint density at radius 2 is 1.71 bits per heavy atom. The van der Waals surface area contributed by atoms with Crippen molar-refractivity contribution in [1.82, 2.24) is 19.9 Å². The molecule has 9 heteroatoms. The lowest BCUT2D eigenvalue weighted by Gasteiger charge is -2.34. The highest BCUT2D eigenvalue weighted by molar-refractivity contribution is 5.66. The maximum absolute atomic E-state index is 5.89. The molecule has 0 amide bonds. The number of rotatable bonds is 10. The van der Waals surface area contributed by atoms with Crippen LogP contribution in [-0.4, -0.2) is 73.0 Å². The number of pyridine rings is 1. The van der Waals surface area contributed by atoms with Gasteiger partial charge in [-0.15, -0.1) is 0 Å². The molecule has 212 valence electrons. The minimum atomic E-state index is 0.476. The summed E-state index contributed by atoms with van der Waals surface area (Å²) in [4.78, 5) is 19.5. The van der Waals surface area contributed by atoms with Crippen molar-refractivity contribution in [3.05, 3.63) is 89.6 Å². The number of hydrogen-bond donors (Lipinski definition) is 1. The summed E-state index contributed by atoms with van der Waals surface area (Å²) in [6.07, 6.45) is 0.940. The summed E-state index contributed by atoms with van der Waals surface area (Å²) < 4.78 is 16.8. The maximum atomic E-state index is 5.89. The van der Waals surface area contributed by atoms with Gasteiger partial charge in [-0.05, 0) is 42.3 Å². The van der Waals surface area contributed by atoms with Crippen molar-refractivity contribution in [1.29, 1.82) is 0 Å². The molecular weight excluding hydrogens is 516 g/mol. The molecule has 0 saturated carbocycles. The van der Waals surface area contributed by atoms with Crippen LogP contribution in [0.15, 0.2) is 72.8 Å². The van der Waals surface area contributed by atoms with Gasteiger partial charge in [-0.3, -0.25) is 4.90 Å². The van der Waals surface area contributed by atoms with Gasteiger partial charge in [0.1, 0.15) is 18.2 Å². The first-order valence-electron chi connectivity index (χ1n) is 14.2. The van der Waals surface area contributed by atoms with E-state index in [1.54, 1.807) is 7.11 Å². The second-order valence-corrected chi connectivity index (χ2v) is 10.3. The minimum Gasteiger partial charge on any atom is -0.473 e. The molecule has 9 nitrogen and oxygen atoms in total. The second-order valence-electron chi connectivity index (χ2n) is 10.3. The molecule has 1 N–H and O–H groups in total. The lowest BCUT2D eigenvalue weighted by molar-refractivity contribution is 0.122. The normalized spacial score (nSPS) is 15.4. The van der Waals surface area contributed by atoms with Crippen LogP contribution in [0.3, 0.4) is 0 Å². The molecule has 0 aliphatic carbocycles. The van der Waals surface area contributed by atoms with Gasteiger partial charge in [-0.2, -0.15) is 4.98 Å². The molecule has 4 aromatic rings. The Morgan fingerprint density at radius 1 is 0.878 bits per heavy atom. The monoisotopic (exact) mass is 552 g/mol. The molecule has 0 bridgehead atoms. The fraction of sp³-hybridized carbons (Fsp3) is 0.344. The third kappa shape index (κ3) is 6.82. The maximum Gasteiger partial charge on any atom is 0.215 e. The van der Waals surface area contributed by atoms with Crippen molar-refractivity contribution in [2.75, 3.05) is 63.3 Å². The van der Waals surface area contributed by atoms with E-state index in [1.165, 1.54) is 5.56 Å². The Balaban J connectivity index is 1.19. The molecule has 0 radical (unpaired) electrons. The highest BCUT2D eigenvalue weighted by atomic mass is 16.5. The van der Waals surface area contributed by atoms with Gasteiger partial charge in [0, 0.05) is 62.7 Å². The van der Waals surface area contributed by atoms with E-state index in [-0.39, 0.29) is 0 Å². The van der Waals surface area contributed by atoms with E-state index in [1.807, 2.05) is 60.7 Å². The van der Waals surface area contributed by atoms with Gasteiger partial charge in [-0.25, -0.2) is 9.97 Å². The number of ether oxygens (including phenoxy) is 3. The van der Waals surface area contributed by atoms with Crippen LogP contribution in [0.2, 0.25) is 0 Å². The average molecular weight is 553 g/mol. The number of nitrogens with one attached hydrogen (secondary N) is 1. The quantitative estimate of drug-likeness (QED) is 0.301.